The van der Waals surface area contributed by atoms with Gasteiger partial charge in [0.2, 0.25) is 0 Å². The van der Waals surface area contributed by atoms with Crippen LogP contribution in [-0.4, -0.2) is 55.4 Å². The number of nitrogens with zero attached hydrogens (tertiary/aromatic N) is 3. The number of anilines is 1. The highest BCUT2D eigenvalue weighted by molar-refractivity contribution is 9.10. The number of ether oxygens (including phenoxy) is 1. The van der Waals surface area contributed by atoms with Gasteiger partial charge in [-0.2, -0.15) is 5.26 Å². The molecule has 2 aromatic rings. The Hall–Kier alpha value is -2.01. The maximum absolute atomic E-state index is 10.5. The Balaban J connectivity index is 1.96. The van der Waals surface area contributed by atoms with Crippen LogP contribution in [0.15, 0.2) is 34.4 Å². The van der Waals surface area contributed by atoms with Gasteiger partial charge in [0.05, 0.1) is 36.2 Å². The number of rotatable bonds is 4. The molecule has 25 heavy (non-hydrogen) atoms. The van der Waals surface area contributed by atoms with Crippen LogP contribution in [0.5, 0.6) is 0 Å². The third-order valence-electron chi connectivity index (χ3n) is 4.18. The molecule has 1 aliphatic heterocycles. The summed E-state index contributed by atoms with van der Waals surface area (Å²) in [5, 5.41) is 20.8. The molecule has 1 unspecified atom stereocenters. The molecular formula is C18H21BrN4O2. The zero-order valence-corrected chi connectivity index (χ0v) is 15.9. The summed E-state index contributed by atoms with van der Waals surface area (Å²) >= 11 is 3.64. The SMILES string of the molecule is CN(C)/C=C(\C#N)C(O)c1cc2cc(N3CCOCC3)c(Br)cc2[nH]1. The molecule has 3 rings (SSSR count). The summed E-state index contributed by atoms with van der Waals surface area (Å²) < 4.78 is 6.41. The van der Waals surface area contributed by atoms with Gasteiger partial charge >= 0.3 is 0 Å². The zero-order valence-electron chi connectivity index (χ0n) is 14.3. The van der Waals surface area contributed by atoms with Gasteiger partial charge in [0.15, 0.2) is 0 Å². The number of H-pyrrole nitrogens is 1. The summed E-state index contributed by atoms with van der Waals surface area (Å²) in [6, 6.07) is 8.08. The predicted molar refractivity (Wildman–Crippen MR) is 101 cm³/mol. The fourth-order valence-corrected chi connectivity index (χ4v) is 3.56. The quantitative estimate of drug-likeness (QED) is 0.766. The first-order valence-corrected chi connectivity index (χ1v) is 8.90. The lowest BCUT2D eigenvalue weighted by Gasteiger charge is -2.29. The van der Waals surface area contributed by atoms with E-state index in [1.165, 1.54) is 0 Å². The van der Waals surface area contributed by atoms with Crippen molar-refractivity contribution in [2.75, 3.05) is 45.3 Å². The minimum Gasteiger partial charge on any atom is -0.383 e. The molecule has 0 spiro atoms. The van der Waals surface area contributed by atoms with Crippen molar-refractivity contribution >= 4 is 32.5 Å². The molecule has 1 aliphatic rings. The minimum absolute atomic E-state index is 0.295. The molecule has 0 bridgehead atoms. The smallest absolute Gasteiger partial charge is 0.130 e. The maximum Gasteiger partial charge on any atom is 0.130 e. The standard InChI is InChI=1S/C18H21BrN4O2/c1-22(2)11-13(10-20)18(24)16-7-12-8-17(14(19)9-15(12)21-16)23-3-5-25-6-4-23/h7-9,11,18,21,24H,3-6H2,1-2H3/b13-11+. The van der Waals surface area contributed by atoms with E-state index in [0.29, 0.717) is 11.3 Å². The highest BCUT2D eigenvalue weighted by atomic mass is 79.9. The normalized spacial score (nSPS) is 16.8. The largest absolute Gasteiger partial charge is 0.383 e. The Labute approximate surface area is 155 Å². The monoisotopic (exact) mass is 404 g/mol. The summed E-state index contributed by atoms with van der Waals surface area (Å²) in [7, 11) is 3.64. The molecular weight excluding hydrogens is 384 g/mol. The van der Waals surface area contributed by atoms with Crippen molar-refractivity contribution in [3.05, 3.63) is 40.1 Å². The van der Waals surface area contributed by atoms with Gasteiger partial charge < -0.3 is 24.6 Å². The van der Waals surface area contributed by atoms with Crippen molar-refractivity contribution in [1.29, 1.82) is 5.26 Å². The van der Waals surface area contributed by atoms with Gasteiger partial charge in [0, 0.05) is 48.8 Å². The van der Waals surface area contributed by atoms with Crippen LogP contribution in [0.2, 0.25) is 0 Å². The summed E-state index contributed by atoms with van der Waals surface area (Å²) in [4.78, 5) is 7.25. The Morgan fingerprint density at radius 1 is 1.40 bits per heavy atom. The van der Waals surface area contributed by atoms with E-state index < -0.39 is 6.10 Å². The second kappa shape index (κ2) is 7.48. The number of aromatic amines is 1. The van der Waals surface area contributed by atoms with Gasteiger partial charge in [-0.3, -0.25) is 0 Å². The van der Waals surface area contributed by atoms with E-state index in [4.69, 9.17) is 4.74 Å². The number of aliphatic hydroxyl groups excluding tert-OH is 1. The van der Waals surface area contributed by atoms with Crippen LogP contribution in [0.1, 0.15) is 11.8 Å². The Bertz CT molecular complexity index is 831. The van der Waals surface area contributed by atoms with Gasteiger partial charge in [-0.25, -0.2) is 0 Å². The number of aromatic nitrogens is 1. The van der Waals surface area contributed by atoms with Crippen molar-refractivity contribution in [3.63, 3.8) is 0 Å². The second-order valence-electron chi connectivity index (χ2n) is 6.28. The summed E-state index contributed by atoms with van der Waals surface area (Å²) in [6.07, 6.45) is 0.649. The van der Waals surface area contributed by atoms with Crippen LogP contribution in [0.4, 0.5) is 5.69 Å². The number of nitrogens with one attached hydrogen (secondary N) is 1. The van der Waals surface area contributed by atoms with Crippen LogP contribution in [0.25, 0.3) is 10.9 Å². The molecule has 132 valence electrons. The van der Waals surface area contributed by atoms with Crippen molar-refractivity contribution < 1.29 is 9.84 Å². The fraction of sp³-hybridized carbons (Fsp3) is 0.389. The summed E-state index contributed by atoms with van der Waals surface area (Å²) in [6.45, 7) is 3.16. The number of aliphatic hydroxyl groups is 1. The lowest BCUT2D eigenvalue weighted by molar-refractivity contribution is 0.122. The zero-order chi connectivity index (χ0) is 18.0. The first kappa shape index (κ1) is 17.8. The first-order chi connectivity index (χ1) is 12.0. The van der Waals surface area contributed by atoms with Crippen molar-refractivity contribution in [2.24, 2.45) is 0 Å². The first-order valence-electron chi connectivity index (χ1n) is 8.10. The number of morpholine rings is 1. The maximum atomic E-state index is 10.5. The molecule has 2 heterocycles. The van der Waals surface area contributed by atoms with E-state index in [9.17, 15) is 10.4 Å². The van der Waals surface area contributed by atoms with Gasteiger partial charge in [0.1, 0.15) is 6.10 Å². The van der Waals surface area contributed by atoms with E-state index in [1.807, 2.05) is 26.2 Å². The number of hydrogen-bond acceptors (Lipinski definition) is 5. The third-order valence-corrected chi connectivity index (χ3v) is 4.81. The highest BCUT2D eigenvalue weighted by Gasteiger charge is 2.19. The third kappa shape index (κ3) is 3.82. The molecule has 0 amide bonds. The van der Waals surface area contributed by atoms with Crippen LogP contribution in [-0.2, 0) is 4.74 Å². The number of halogens is 1. The molecule has 6 nitrogen and oxygen atoms in total. The molecule has 1 saturated heterocycles. The van der Waals surface area contributed by atoms with Crippen LogP contribution < -0.4 is 4.90 Å². The van der Waals surface area contributed by atoms with E-state index in [2.05, 4.69) is 37.9 Å². The summed E-state index contributed by atoms with van der Waals surface area (Å²) in [5.74, 6) is 0. The average molecular weight is 405 g/mol. The van der Waals surface area contributed by atoms with Crippen molar-refractivity contribution in [1.82, 2.24) is 9.88 Å². The van der Waals surface area contributed by atoms with E-state index in [-0.39, 0.29) is 0 Å². The Morgan fingerprint density at radius 3 is 2.76 bits per heavy atom. The van der Waals surface area contributed by atoms with E-state index >= 15 is 0 Å². The van der Waals surface area contributed by atoms with Crippen LogP contribution in [0.3, 0.4) is 0 Å². The number of fused-ring (bicyclic) bond motifs is 1. The summed E-state index contributed by atoms with van der Waals surface area (Å²) in [5.41, 5.74) is 2.93. The van der Waals surface area contributed by atoms with Crippen molar-refractivity contribution in [2.45, 2.75) is 6.10 Å². The van der Waals surface area contributed by atoms with E-state index in [1.54, 1.807) is 11.1 Å². The van der Waals surface area contributed by atoms with Crippen LogP contribution >= 0.6 is 15.9 Å². The van der Waals surface area contributed by atoms with Crippen LogP contribution in [0, 0.1) is 11.3 Å². The molecule has 1 aromatic carbocycles. The topological polar surface area (TPSA) is 75.5 Å². The lowest BCUT2D eigenvalue weighted by atomic mass is 10.1. The molecule has 0 radical (unpaired) electrons. The predicted octanol–water partition coefficient (Wildman–Crippen LogP) is 2.77. The van der Waals surface area contributed by atoms with E-state index in [0.717, 1.165) is 47.4 Å². The van der Waals surface area contributed by atoms with Gasteiger partial charge in [-0.15, -0.1) is 0 Å². The fourth-order valence-electron chi connectivity index (χ4n) is 2.96. The van der Waals surface area contributed by atoms with Crippen molar-refractivity contribution in [3.8, 4) is 6.07 Å². The Morgan fingerprint density at radius 2 is 2.12 bits per heavy atom. The number of hydrogen-bond donors (Lipinski definition) is 2. The van der Waals surface area contributed by atoms with Gasteiger partial charge in [-0.05, 0) is 34.1 Å². The lowest BCUT2D eigenvalue weighted by Crippen LogP contribution is -2.36. The number of benzene rings is 1. The average Bonchev–Trinajstić information content (AvgIpc) is 3.01. The van der Waals surface area contributed by atoms with Gasteiger partial charge in [0.25, 0.3) is 0 Å². The molecule has 2 N–H and O–H groups in total. The Kier molecular flexibility index (Phi) is 5.33. The second-order valence-corrected chi connectivity index (χ2v) is 7.13. The molecule has 0 saturated carbocycles. The minimum atomic E-state index is -0.981. The molecule has 1 aromatic heterocycles. The molecule has 0 aliphatic carbocycles. The number of nitriles is 1. The molecule has 7 heteroatoms. The van der Waals surface area contributed by atoms with Gasteiger partial charge in [-0.1, -0.05) is 0 Å². The highest BCUT2D eigenvalue weighted by Crippen LogP contribution is 2.34. The molecule has 1 atom stereocenters. The molecule has 1 fully saturated rings.